The minimum atomic E-state index is -0.0518. The van der Waals surface area contributed by atoms with Crippen LogP contribution in [0.5, 0.6) is 5.88 Å². The van der Waals surface area contributed by atoms with Crippen LogP contribution in [0, 0.1) is 5.92 Å². The number of ether oxygens (including phenoxy) is 1. The molecule has 0 spiro atoms. The van der Waals surface area contributed by atoms with Gasteiger partial charge in [0.25, 0.3) is 0 Å². The van der Waals surface area contributed by atoms with Crippen molar-refractivity contribution in [3.05, 3.63) is 42.0 Å². The van der Waals surface area contributed by atoms with Crippen molar-refractivity contribution in [1.29, 1.82) is 0 Å². The normalized spacial score (nSPS) is 14.7. The Hall–Kier alpha value is -3.07. The number of pyridine rings is 1. The van der Waals surface area contributed by atoms with Crippen molar-refractivity contribution < 1.29 is 9.53 Å². The lowest BCUT2D eigenvalue weighted by atomic mass is 9.96. The van der Waals surface area contributed by atoms with Crippen LogP contribution in [0.1, 0.15) is 12.8 Å². The molecule has 3 aromatic heterocycles. The van der Waals surface area contributed by atoms with E-state index in [0.717, 1.165) is 37.3 Å². The molecule has 9 heteroatoms. The van der Waals surface area contributed by atoms with Gasteiger partial charge in [0.05, 0.1) is 12.8 Å². The van der Waals surface area contributed by atoms with E-state index in [-0.39, 0.29) is 11.8 Å². The van der Waals surface area contributed by atoms with Gasteiger partial charge in [-0.1, -0.05) is 6.07 Å². The number of amides is 1. The molecule has 1 fully saturated rings. The predicted molar refractivity (Wildman–Crippen MR) is 107 cm³/mol. The van der Waals surface area contributed by atoms with Gasteiger partial charge in [0.15, 0.2) is 5.13 Å². The number of hydrogen-bond acceptors (Lipinski definition) is 8. The van der Waals surface area contributed by atoms with Crippen LogP contribution < -0.4 is 15.0 Å². The Kier molecular flexibility index (Phi) is 5.43. The summed E-state index contributed by atoms with van der Waals surface area (Å²) in [5, 5.41) is 5.45. The van der Waals surface area contributed by atoms with Crippen molar-refractivity contribution in [3.8, 4) is 17.3 Å². The first-order chi connectivity index (χ1) is 13.7. The van der Waals surface area contributed by atoms with E-state index in [9.17, 15) is 4.79 Å². The monoisotopic (exact) mass is 396 g/mol. The molecule has 1 aliphatic rings. The van der Waals surface area contributed by atoms with E-state index < -0.39 is 0 Å². The summed E-state index contributed by atoms with van der Waals surface area (Å²) in [6, 6.07) is 7.40. The highest BCUT2D eigenvalue weighted by atomic mass is 32.1. The Bertz CT molecular complexity index is 940. The number of anilines is 2. The molecule has 144 valence electrons. The van der Waals surface area contributed by atoms with Crippen LogP contribution >= 0.6 is 11.3 Å². The van der Waals surface area contributed by atoms with Gasteiger partial charge in [-0.25, -0.2) is 9.97 Å². The van der Waals surface area contributed by atoms with Crippen molar-refractivity contribution >= 4 is 28.3 Å². The molecule has 4 rings (SSSR count). The van der Waals surface area contributed by atoms with Gasteiger partial charge in [-0.2, -0.15) is 4.98 Å². The summed E-state index contributed by atoms with van der Waals surface area (Å²) in [5.41, 5.74) is 1.57. The molecule has 1 N–H and O–H groups in total. The van der Waals surface area contributed by atoms with Crippen molar-refractivity contribution in [2.75, 3.05) is 30.4 Å². The lowest BCUT2D eigenvalue weighted by Crippen LogP contribution is -2.39. The maximum absolute atomic E-state index is 12.6. The number of thiazole rings is 1. The quantitative estimate of drug-likeness (QED) is 0.709. The third kappa shape index (κ3) is 4.09. The van der Waals surface area contributed by atoms with E-state index in [1.165, 1.54) is 11.3 Å². The van der Waals surface area contributed by atoms with Crippen molar-refractivity contribution in [2.45, 2.75) is 12.8 Å². The first-order valence-corrected chi connectivity index (χ1v) is 9.90. The molecule has 1 saturated heterocycles. The molecule has 1 amide bonds. The van der Waals surface area contributed by atoms with Gasteiger partial charge in [0.2, 0.25) is 17.7 Å². The lowest BCUT2D eigenvalue weighted by molar-refractivity contribution is -0.120. The van der Waals surface area contributed by atoms with Gasteiger partial charge >= 0.3 is 0 Å². The van der Waals surface area contributed by atoms with Gasteiger partial charge < -0.3 is 15.0 Å². The van der Waals surface area contributed by atoms with Gasteiger partial charge in [0, 0.05) is 42.8 Å². The molecule has 28 heavy (non-hydrogen) atoms. The van der Waals surface area contributed by atoms with E-state index in [2.05, 4.69) is 30.2 Å². The van der Waals surface area contributed by atoms with Crippen LogP contribution in [0.3, 0.4) is 0 Å². The standard InChI is InChI=1S/C19H20N6O2S/c1-27-16-5-9-21-18(23-16)25-10-6-13(7-11-25)17(26)24-19-22-15(12-28-19)14-4-2-3-8-20-14/h2-5,8-9,12-13H,6-7,10-11H2,1H3,(H,22,24,26). The first-order valence-electron chi connectivity index (χ1n) is 9.02. The zero-order valence-electron chi connectivity index (χ0n) is 15.4. The number of nitrogens with one attached hydrogen (secondary N) is 1. The summed E-state index contributed by atoms with van der Waals surface area (Å²) in [6.45, 7) is 1.45. The Morgan fingerprint density at radius 3 is 2.75 bits per heavy atom. The van der Waals surface area contributed by atoms with Crippen LogP contribution in [0.15, 0.2) is 42.0 Å². The number of carbonyl (C=O) groups is 1. The highest BCUT2D eigenvalue weighted by Gasteiger charge is 2.27. The largest absolute Gasteiger partial charge is 0.481 e. The number of aromatic nitrogens is 4. The summed E-state index contributed by atoms with van der Waals surface area (Å²) in [5.74, 6) is 1.13. The van der Waals surface area contributed by atoms with Crippen LogP contribution in [-0.4, -0.2) is 46.0 Å². The van der Waals surface area contributed by atoms with Gasteiger partial charge in [0.1, 0.15) is 5.69 Å². The zero-order valence-corrected chi connectivity index (χ0v) is 16.2. The van der Waals surface area contributed by atoms with Crippen LogP contribution in [-0.2, 0) is 4.79 Å². The fourth-order valence-corrected chi connectivity index (χ4v) is 3.82. The fraction of sp³-hybridized carbons (Fsp3) is 0.316. The summed E-state index contributed by atoms with van der Waals surface area (Å²) in [7, 11) is 1.58. The molecular formula is C19H20N6O2S. The Labute approximate surface area is 166 Å². The fourth-order valence-electron chi connectivity index (χ4n) is 3.11. The summed E-state index contributed by atoms with van der Waals surface area (Å²) in [6.07, 6.45) is 4.89. The minimum absolute atomic E-state index is 0.00753. The number of rotatable bonds is 5. The van der Waals surface area contributed by atoms with E-state index >= 15 is 0 Å². The Morgan fingerprint density at radius 2 is 2.00 bits per heavy atom. The predicted octanol–water partition coefficient (Wildman–Crippen LogP) is 2.86. The third-order valence-electron chi connectivity index (χ3n) is 4.64. The number of hydrogen-bond donors (Lipinski definition) is 1. The molecule has 8 nitrogen and oxygen atoms in total. The smallest absolute Gasteiger partial charge is 0.229 e. The van der Waals surface area contributed by atoms with Crippen molar-refractivity contribution in [3.63, 3.8) is 0 Å². The van der Waals surface area contributed by atoms with Crippen molar-refractivity contribution in [2.24, 2.45) is 5.92 Å². The highest BCUT2D eigenvalue weighted by Crippen LogP contribution is 2.26. The summed E-state index contributed by atoms with van der Waals surface area (Å²) >= 11 is 1.41. The summed E-state index contributed by atoms with van der Waals surface area (Å²) < 4.78 is 5.15. The maximum atomic E-state index is 12.6. The molecule has 0 radical (unpaired) electrons. The molecule has 0 aromatic carbocycles. The van der Waals surface area contributed by atoms with E-state index in [1.54, 1.807) is 25.6 Å². The van der Waals surface area contributed by atoms with Gasteiger partial charge in [-0.3, -0.25) is 9.78 Å². The number of methoxy groups -OCH3 is 1. The molecular weight excluding hydrogens is 376 g/mol. The average molecular weight is 396 g/mol. The third-order valence-corrected chi connectivity index (χ3v) is 5.39. The van der Waals surface area contributed by atoms with Crippen LogP contribution in [0.2, 0.25) is 0 Å². The molecule has 3 aromatic rings. The molecule has 0 bridgehead atoms. The van der Waals surface area contributed by atoms with Crippen LogP contribution in [0.25, 0.3) is 11.4 Å². The second kappa shape index (κ2) is 8.30. The summed E-state index contributed by atoms with van der Waals surface area (Å²) in [4.78, 5) is 32.1. The second-order valence-electron chi connectivity index (χ2n) is 6.40. The van der Waals surface area contributed by atoms with Gasteiger partial charge in [-0.05, 0) is 25.0 Å². The Balaban J connectivity index is 1.34. The molecule has 4 heterocycles. The molecule has 0 saturated carbocycles. The minimum Gasteiger partial charge on any atom is -0.481 e. The zero-order chi connectivity index (χ0) is 19.3. The molecule has 1 aliphatic heterocycles. The topological polar surface area (TPSA) is 93.1 Å². The van der Waals surface area contributed by atoms with E-state index in [0.29, 0.717) is 17.0 Å². The number of carbonyl (C=O) groups excluding carboxylic acids is 1. The highest BCUT2D eigenvalue weighted by molar-refractivity contribution is 7.14. The lowest BCUT2D eigenvalue weighted by Gasteiger charge is -2.31. The SMILES string of the molecule is COc1ccnc(N2CCC(C(=O)Nc3nc(-c4ccccn4)cs3)CC2)n1. The number of nitrogens with zero attached hydrogens (tertiary/aromatic N) is 5. The van der Waals surface area contributed by atoms with E-state index in [4.69, 9.17) is 4.74 Å². The Morgan fingerprint density at radius 1 is 1.14 bits per heavy atom. The van der Waals surface area contributed by atoms with Gasteiger partial charge in [-0.15, -0.1) is 11.3 Å². The van der Waals surface area contributed by atoms with E-state index in [1.807, 2.05) is 23.6 Å². The average Bonchev–Trinajstić information content (AvgIpc) is 3.23. The first kappa shape index (κ1) is 18.3. The van der Waals surface area contributed by atoms with Crippen molar-refractivity contribution in [1.82, 2.24) is 19.9 Å². The number of piperidine rings is 1. The molecule has 0 aliphatic carbocycles. The molecule has 0 unspecified atom stereocenters. The molecule has 0 atom stereocenters. The van der Waals surface area contributed by atoms with Crippen LogP contribution in [0.4, 0.5) is 11.1 Å². The maximum Gasteiger partial charge on any atom is 0.229 e. The second-order valence-corrected chi connectivity index (χ2v) is 7.26.